The van der Waals surface area contributed by atoms with E-state index in [-0.39, 0.29) is 16.5 Å². The lowest BCUT2D eigenvalue weighted by Gasteiger charge is -2.08. The average molecular weight is 397 g/mol. The van der Waals surface area contributed by atoms with Gasteiger partial charge in [0.25, 0.3) is 5.91 Å². The molecule has 27 heavy (non-hydrogen) atoms. The molecule has 0 saturated carbocycles. The van der Waals surface area contributed by atoms with Gasteiger partial charge in [-0.25, -0.2) is 0 Å². The molecule has 0 spiro atoms. The van der Waals surface area contributed by atoms with Crippen LogP contribution in [0.25, 0.3) is 6.08 Å². The van der Waals surface area contributed by atoms with E-state index in [2.05, 4.69) is 10.6 Å². The molecular formula is C19H16ClF3N2O2. The Bertz CT molecular complexity index is 879. The van der Waals surface area contributed by atoms with Gasteiger partial charge < -0.3 is 10.6 Å². The Balaban J connectivity index is 2.12. The van der Waals surface area contributed by atoms with Crippen molar-refractivity contribution in [2.24, 2.45) is 0 Å². The molecular weight excluding hydrogens is 381 g/mol. The molecule has 0 atom stereocenters. The maximum absolute atomic E-state index is 12.8. The second-order valence-corrected chi connectivity index (χ2v) is 5.90. The molecule has 2 aromatic carbocycles. The van der Waals surface area contributed by atoms with Crippen LogP contribution < -0.4 is 10.6 Å². The van der Waals surface area contributed by atoms with Crippen molar-refractivity contribution >= 4 is 35.2 Å². The molecule has 2 N–H and O–H groups in total. The van der Waals surface area contributed by atoms with Gasteiger partial charge in [-0.15, -0.1) is 0 Å². The minimum atomic E-state index is -4.51. The number of hydrogen-bond acceptors (Lipinski definition) is 2. The Morgan fingerprint density at radius 2 is 1.89 bits per heavy atom. The van der Waals surface area contributed by atoms with Crippen molar-refractivity contribution < 1.29 is 22.8 Å². The molecule has 142 valence electrons. The van der Waals surface area contributed by atoms with Crippen molar-refractivity contribution in [1.82, 2.24) is 5.32 Å². The molecule has 0 fully saturated rings. The summed E-state index contributed by atoms with van der Waals surface area (Å²) in [5, 5.41) is 5.27. The first kappa shape index (κ1) is 20.5. The molecule has 2 aromatic rings. The summed E-state index contributed by atoms with van der Waals surface area (Å²) in [6.45, 7) is 2.25. The number of carbonyl (C=O) groups excluding carboxylic acids is 2. The van der Waals surface area contributed by atoms with Crippen LogP contribution in [0.3, 0.4) is 0 Å². The van der Waals surface area contributed by atoms with Crippen LogP contribution in [-0.4, -0.2) is 18.4 Å². The van der Waals surface area contributed by atoms with E-state index < -0.39 is 17.6 Å². The minimum Gasteiger partial charge on any atom is -0.352 e. The number of carbonyl (C=O) groups is 2. The van der Waals surface area contributed by atoms with Crippen LogP contribution in [0.5, 0.6) is 0 Å². The smallest absolute Gasteiger partial charge is 0.352 e. The number of rotatable bonds is 5. The monoisotopic (exact) mass is 396 g/mol. The standard InChI is InChI=1S/C19H16ClF3N2O2/c1-2-24-18(27)13-4-3-5-15(11-13)25-17(26)9-6-12-10-14(19(21,22)23)7-8-16(12)20/h3-11H,2H2,1H3,(H,24,27)(H,25,26)/b9-6+. The third-order valence-corrected chi connectivity index (χ3v) is 3.81. The van der Waals surface area contributed by atoms with Crippen molar-refractivity contribution in [3.63, 3.8) is 0 Å². The van der Waals surface area contributed by atoms with Crippen molar-refractivity contribution in [2.45, 2.75) is 13.1 Å². The first-order valence-corrected chi connectivity index (χ1v) is 8.32. The fraction of sp³-hybridized carbons (Fsp3) is 0.158. The zero-order valence-electron chi connectivity index (χ0n) is 14.2. The molecule has 0 aliphatic carbocycles. The molecule has 0 bridgehead atoms. The predicted molar refractivity (Wildman–Crippen MR) is 98.6 cm³/mol. The highest BCUT2D eigenvalue weighted by Crippen LogP contribution is 2.32. The Labute approximate surface area is 159 Å². The van der Waals surface area contributed by atoms with Gasteiger partial charge in [-0.3, -0.25) is 9.59 Å². The molecule has 2 rings (SSSR count). The topological polar surface area (TPSA) is 58.2 Å². The van der Waals surface area contributed by atoms with Gasteiger partial charge in [0.05, 0.1) is 5.56 Å². The quantitative estimate of drug-likeness (QED) is 0.716. The van der Waals surface area contributed by atoms with Crippen LogP contribution in [0.4, 0.5) is 18.9 Å². The lowest BCUT2D eigenvalue weighted by Crippen LogP contribution is -2.22. The molecule has 0 aliphatic heterocycles. The van der Waals surface area contributed by atoms with Crippen LogP contribution in [0, 0.1) is 0 Å². The largest absolute Gasteiger partial charge is 0.416 e. The summed E-state index contributed by atoms with van der Waals surface area (Å²) in [7, 11) is 0. The third-order valence-electron chi connectivity index (χ3n) is 3.47. The van der Waals surface area contributed by atoms with Crippen molar-refractivity contribution in [2.75, 3.05) is 11.9 Å². The van der Waals surface area contributed by atoms with E-state index in [4.69, 9.17) is 11.6 Å². The van der Waals surface area contributed by atoms with E-state index in [1.165, 1.54) is 12.1 Å². The summed E-state index contributed by atoms with van der Waals surface area (Å²) < 4.78 is 38.3. The lowest BCUT2D eigenvalue weighted by atomic mass is 10.1. The second-order valence-electron chi connectivity index (χ2n) is 5.50. The summed E-state index contributed by atoms with van der Waals surface area (Å²) in [4.78, 5) is 23.8. The number of anilines is 1. The van der Waals surface area contributed by atoms with Crippen molar-refractivity contribution in [3.05, 3.63) is 70.3 Å². The van der Waals surface area contributed by atoms with Crippen molar-refractivity contribution in [3.8, 4) is 0 Å². The summed E-state index contributed by atoms with van der Waals surface area (Å²) in [5.74, 6) is -0.851. The molecule has 0 heterocycles. The van der Waals surface area contributed by atoms with Gasteiger partial charge in [0.15, 0.2) is 0 Å². The Morgan fingerprint density at radius 3 is 2.56 bits per heavy atom. The van der Waals surface area contributed by atoms with E-state index >= 15 is 0 Å². The maximum atomic E-state index is 12.8. The molecule has 2 amide bonds. The predicted octanol–water partition coefficient (Wildman–Crippen LogP) is 4.76. The average Bonchev–Trinajstić information content (AvgIpc) is 2.60. The molecule has 0 radical (unpaired) electrons. The Hall–Kier alpha value is -2.80. The number of nitrogens with one attached hydrogen (secondary N) is 2. The highest BCUT2D eigenvalue weighted by molar-refractivity contribution is 6.32. The number of amides is 2. The van der Waals surface area contributed by atoms with Gasteiger partial charge in [0, 0.05) is 28.9 Å². The van der Waals surface area contributed by atoms with Gasteiger partial charge >= 0.3 is 6.18 Å². The Morgan fingerprint density at radius 1 is 1.15 bits per heavy atom. The first-order valence-electron chi connectivity index (χ1n) is 7.94. The summed E-state index contributed by atoms with van der Waals surface area (Å²) in [6.07, 6.45) is -2.24. The summed E-state index contributed by atoms with van der Waals surface area (Å²) in [6, 6.07) is 9.14. The number of benzene rings is 2. The number of hydrogen-bond donors (Lipinski definition) is 2. The van der Waals surface area contributed by atoms with E-state index in [9.17, 15) is 22.8 Å². The zero-order chi connectivity index (χ0) is 20.0. The summed E-state index contributed by atoms with van der Waals surface area (Å²) >= 11 is 5.88. The minimum absolute atomic E-state index is 0.0673. The van der Waals surface area contributed by atoms with Crippen molar-refractivity contribution in [1.29, 1.82) is 0 Å². The zero-order valence-corrected chi connectivity index (χ0v) is 15.0. The van der Waals surface area contributed by atoms with Crippen LogP contribution in [0.1, 0.15) is 28.4 Å². The van der Waals surface area contributed by atoms with Crippen LogP contribution in [0.15, 0.2) is 48.5 Å². The second kappa shape index (κ2) is 8.73. The normalized spacial score (nSPS) is 11.4. The van der Waals surface area contributed by atoms with Crippen LogP contribution in [-0.2, 0) is 11.0 Å². The van der Waals surface area contributed by atoms with Crippen LogP contribution >= 0.6 is 11.6 Å². The maximum Gasteiger partial charge on any atom is 0.416 e. The first-order chi connectivity index (χ1) is 12.7. The molecule has 4 nitrogen and oxygen atoms in total. The third kappa shape index (κ3) is 5.86. The molecule has 0 saturated heterocycles. The van der Waals surface area contributed by atoms with E-state index in [0.29, 0.717) is 17.8 Å². The van der Waals surface area contributed by atoms with Gasteiger partial charge in [-0.05, 0) is 55.0 Å². The van der Waals surface area contributed by atoms with E-state index in [0.717, 1.165) is 24.3 Å². The summed E-state index contributed by atoms with van der Waals surface area (Å²) in [5.41, 5.74) is -0.0394. The fourth-order valence-corrected chi connectivity index (χ4v) is 2.38. The highest BCUT2D eigenvalue weighted by atomic mass is 35.5. The molecule has 0 aliphatic rings. The highest BCUT2D eigenvalue weighted by Gasteiger charge is 2.30. The van der Waals surface area contributed by atoms with E-state index in [1.807, 2.05) is 0 Å². The Kier molecular flexibility index (Phi) is 6.63. The SMILES string of the molecule is CCNC(=O)c1cccc(NC(=O)/C=C/c2cc(C(F)(F)F)ccc2Cl)c1. The van der Waals surface area contributed by atoms with E-state index in [1.54, 1.807) is 25.1 Å². The molecule has 8 heteroatoms. The lowest BCUT2D eigenvalue weighted by molar-refractivity contribution is -0.137. The van der Waals surface area contributed by atoms with Gasteiger partial charge in [-0.1, -0.05) is 17.7 Å². The number of alkyl halides is 3. The van der Waals surface area contributed by atoms with Crippen LogP contribution in [0.2, 0.25) is 5.02 Å². The van der Waals surface area contributed by atoms with Gasteiger partial charge in [0.1, 0.15) is 0 Å². The van der Waals surface area contributed by atoms with Gasteiger partial charge in [-0.2, -0.15) is 13.2 Å². The fourth-order valence-electron chi connectivity index (χ4n) is 2.20. The molecule has 0 aromatic heterocycles. The number of halogens is 4. The molecule has 0 unspecified atom stereocenters. The van der Waals surface area contributed by atoms with Gasteiger partial charge in [0.2, 0.25) is 5.91 Å².